The molecule has 0 saturated heterocycles. The quantitative estimate of drug-likeness (QED) is 0.348. The van der Waals surface area contributed by atoms with Crippen molar-refractivity contribution in [1.29, 1.82) is 0 Å². The summed E-state index contributed by atoms with van der Waals surface area (Å²) in [6.45, 7) is 8.47. The number of aromatic nitrogens is 3. The number of aromatic amines is 1. The van der Waals surface area contributed by atoms with Gasteiger partial charge in [0, 0.05) is 17.5 Å². The number of ether oxygens (including phenoxy) is 1. The number of benzene rings is 2. The minimum absolute atomic E-state index is 0.000956. The molecule has 0 aliphatic carbocycles. The van der Waals surface area contributed by atoms with Crippen LogP contribution in [-0.2, 0) is 11.2 Å². The van der Waals surface area contributed by atoms with E-state index < -0.39 is 23.1 Å². The van der Waals surface area contributed by atoms with Crippen LogP contribution in [-0.4, -0.2) is 33.5 Å². The molecule has 198 valence electrons. The van der Waals surface area contributed by atoms with Crippen molar-refractivity contribution in [3.63, 3.8) is 0 Å². The summed E-state index contributed by atoms with van der Waals surface area (Å²) in [4.78, 5) is 35.5. The van der Waals surface area contributed by atoms with Crippen LogP contribution in [0.3, 0.4) is 0 Å². The number of hydrogen-bond donors (Lipinski definition) is 1. The van der Waals surface area contributed by atoms with Crippen molar-refractivity contribution in [2.24, 2.45) is 10.8 Å². The highest BCUT2D eigenvalue weighted by Crippen LogP contribution is 2.39. The topological polar surface area (TPSA) is 84.9 Å². The molecule has 3 aromatic rings. The molecule has 6 nitrogen and oxygen atoms in total. The SMILES string of the molecule is CC(C)(C)COc1ccc(-c2nc(-c3cc(CCC(=O)C(C)(C)C(F)(F)F)ccc3Cl)[nH]c(=O)n2)cc1. The standard InChI is InChI=1S/C27H29ClF3N3O3/c1-25(2,3)15-37-18-10-8-17(9-11-18)22-32-23(34-24(36)33-22)19-14-16(6-12-20(19)28)7-13-21(35)26(4,5)27(29,30)31/h6,8-12,14H,7,13,15H2,1-5H3,(H,32,33,34,36). The minimum atomic E-state index is -4.64. The number of nitrogens with zero attached hydrogens (tertiary/aromatic N) is 2. The fourth-order valence-electron chi connectivity index (χ4n) is 3.28. The third-order valence-electron chi connectivity index (χ3n) is 5.77. The summed E-state index contributed by atoms with van der Waals surface area (Å²) in [7, 11) is 0. The lowest BCUT2D eigenvalue weighted by atomic mass is 9.84. The van der Waals surface area contributed by atoms with E-state index in [9.17, 15) is 22.8 Å². The lowest BCUT2D eigenvalue weighted by molar-refractivity contribution is -0.210. The third-order valence-corrected chi connectivity index (χ3v) is 6.10. The largest absolute Gasteiger partial charge is 0.493 e. The van der Waals surface area contributed by atoms with Crippen LogP contribution in [0.2, 0.25) is 5.02 Å². The number of alkyl halides is 3. The lowest BCUT2D eigenvalue weighted by Crippen LogP contribution is -2.39. The molecule has 3 rings (SSSR count). The maximum atomic E-state index is 13.2. The number of rotatable bonds is 8. The first-order valence-electron chi connectivity index (χ1n) is 11.7. The number of carbonyl (C=O) groups excluding carboxylic acids is 1. The zero-order chi connectivity index (χ0) is 27.6. The normalized spacial score (nSPS) is 12.5. The third kappa shape index (κ3) is 7.19. The summed E-state index contributed by atoms with van der Waals surface area (Å²) >= 11 is 6.35. The molecule has 0 radical (unpaired) electrons. The first-order valence-corrected chi connectivity index (χ1v) is 12.0. The number of halogens is 4. The van der Waals surface area contributed by atoms with Crippen molar-refractivity contribution in [1.82, 2.24) is 15.0 Å². The maximum Gasteiger partial charge on any atom is 0.400 e. The lowest BCUT2D eigenvalue weighted by Gasteiger charge is -2.26. The molecule has 0 bridgehead atoms. The number of nitrogens with one attached hydrogen (secondary N) is 1. The number of Topliss-reactive ketones (excluding diaryl/α,β-unsaturated/α-hetero) is 1. The summed E-state index contributed by atoms with van der Waals surface area (Å²) < 4.78 is 45.3. The molecule has 0 aliphatic heterocycles. The predicted molar refractivity (Wildman–Crippen MR) is 137 cm³/mol. The second kappa shape index (κ2) is 10.7. The van der Waals surface area contributed by atoms with Gasteiger partial charge in [-0.3, -0.25) is 9.78 Å². The molecule has 0 saturated carbocycles. The van der Waals surface area contributed by atoms with E-state index >= 15 is 0 Å². The molecule has 10 heteroatoms. The highest BCUT2D eigenvalue weighted by Gasteiger charge is 2.51. The molecule has 0 atom stereocenters. The highest BCUT2D eigenvalue weighted by atomic mass is 35.5. The Labute approximate surface area is 218 Å². The Morgan fingerprint density at radius 2 is 1.65 bits per heavy atom. The summed E-state index contributed by atoms with van der Waals surface area (Å²) in [6, 6.07) is 11.8. The Balaban J connectivity index is 1.84. The van der Waals surface area contributed by atoms with Crippen LogP contribution >= 0.6 is 11.6 Å². The predicted octanol–water partition coefficient (Wildman–Crippen LogP) is 6.67. The number of ketones is 1. The van der Waals surface area contributed by atoms with Gasteiger partial charge in [0.15, 0.2) is 5.82 Å². The number of aryl methyl sites for hydroxylation is 1. The molecule has 1 heterocycles. The van der Waals surface area contributed by atoms with Gasteiger partial charge < -0.3 is 4.74 Å². The van der Waals surface area contributed by atoms with Crippen LogP contribution in [0.25, 0.3) is 22.8 Å². The number of carbonyl (C=O) groups is 1. The molecular formula is C27H29ClF3N3O3. The van der Waals surface area contributed by atoms with Crippen molar-refractivity contribution in [2.75, 3.05) is 6.61 Å². The molecule has 0 unspecified atom stereocenters. The Morgan fingerprint density at radius 3 is 2.24 bits per heavy atom. The minimum Gasteiger partial charge on any atom is -0.493 e. The molecule has 37 heavy (non-hydrogen) atoms. The molecule has 0 aliphatic rings. The zero-order valence-corrected chi connectivity index (χ0v) is 22.0. The van der Waals surface area contributed by atoms with Gasteiger partial charge in [0.05, 0.1) is 11.6 Å². The van der Waals surface area contributed by atoms with Gasteiger partial charge in [-0.25, -0.2) is 9.78 Å². The summed E-state index contributed by atoms with van der Waals surface area (Å²) in [6.07, 6.45) is -4.87. The van der Waals surface area contributed by atoms with Gasteiger partial charge >= 0.3 is 11.9 Å². The average Bonchev–Trinajstić information content (AvgIpc) is 2.80. The zero-order valence-electron chi connectivity index (χ0n) is 21.3. The molecule has 2 aromatic carbocycles. The van der Waals surface area contributed by atoms with Gasteiger partial charge in [0.25, 0.3) is 0 Å². The van der Waals surface area contributed by atoms with Gasteiger partial charge in [-0.2, -0.15) is 18.2 Å². The van der Waals surface area contributed by atoms with Crippen LogP contribution in [0.15, 0.2) is 47.3 Å². The van der Waals surface area contributed by atoms with E-state index in [1.54, 1.807) is 42.5 Å². The van der Waals surface area contributed by atoms with E-state index in [1.165, 1.54) is 0 Å². The van der Waals surface area contributed by atoms with E-state index in [2.05, 4.69) is 35.7 Å². The number of hydrogen-bond acceptors (Lipinski definition) is 5. The Hall–Kier alpha value is -3.20. The Bertz CT molecular complexity index is 1330. The van der Waals surface area contributed by atoms with Crippen LogP contribution in [0, 0.1) is 10.8 Å². The van der Waals surface area contributed by atoms with Crippen molar-refractivity contribution in [3.05, 3.63) is 63.5 Å². The van der Waals surface area contributed by atoms with E-state index in [4.69, 9.17) is 16.3 Å². The molecule has 0 amide bonds. The molecule has 1 N–H and O–H groups in total. The van der Waals surface area contributed by atoms with E-state index in [0.29, 0.717) is 29.0 Å². The van der Waals surface area contributed by atoms with Gasteiger partial charge in [-0.1, -0.05) is 38.4 Å². The smallest absolute Gasteiger partial charge is 0.400 e. The molecule has 0 spiro atoms. The summed E-state index contributed by atoms with van der Waals surface area (Å²) in [5.41, 5.74) is -1.56. The van der Waals surface area contributed by atoms with Crippen molar-refractivity contribution < 1.29 is 22.7 Å². The Kier molecular flexibility index (Phi) is 8.17. The average molecular weight is 536 g/mol. The van der Waals surface area contributed by atoms with Gasteiger partial charge in [-0.15, -0.1) is 0 Å². The second-order valence-corrected chi connectivity index (χ2v) is 11.0. The van der Waals surface area contributed by atoms with Crippen molar-refractivity contribution in [2.45, 2.75) is 53.6 Å². The Morgan fingerprint density at radius 1 is 1.00 bits per heavy atom. The highest BCUT2D eigenvalue weighted by molar-refractivity contribution is 6.33. The van der Waals surface area contributed by atoms with Gasteiger partial charge in [0.1, 0.15) is 22.8 Å². The van der Waals surface area contributed by atoms with Gasteiger partial charge in [-0.05, 0) is 67.6 Å². The maximum absolute atomic E-state index is 13.2. The van der Waals surface area contributed by atoms with Crippen LogP contribution in [0.5, 0.6) is 5.75 Å². The van der Waals surface area contributed by atoms with Crippen LogP contribution < -0.4 is 10.4 Å². The fourth-order valence-corrected chi connectivity index (χ4v) is 3.49. The molecule has 0 fully saturated rings. The van der Waals surface area contributed by atoms with E-state index in [1.807, 2.05) is 0 Å². The van der Waals surface area contributed by atoms with E-state index in [0.717, 1.165) is 13.8 Å². The van der Waals surface area contributed by atoms with Crippen LogP contribution in [0.1, 0.15) is 46.6 Å². The summed E-state index contributed by atoms with van der Waals surface area (Å²) in [5, 5.41) is 0.275. The first kappa shape index (κ1) is 28.4. The second-order valence-electron chi connectivity index (χ2n) is 10.6. The first-order chi connectivity index (χ1) is 17.1. The van der Waals surface area contributed by atoms with Gasteiger partial charge in [0.2, 0.25) is 0 Å². The van der Waals surface area contributed by atoms with Crippen molar-refractivity contribution >= 4 is 17.4 Å². The number of H-pyrrole nitrogens is 1. The van der Waals surface area contributed by atoms with Crippen LogP contribution in [0.4, 0.5) is 13.2 Å². The van der Waals surface area contributed by atoms with E-state index in [-0.39, 0.29) is 34.9 Å². The van der Waals surface area contributed by atoms with Crippen molar-refractivity contribution in [3.8, 4) is 28.5 Å². The fraction of sp³-hybridized carbons (Fsp3) is 0.407. The molecule has 1 aromatic heterocycles. The molecular weight excluding hydrogens is 507 g/mol. The monoisotopic (exact) mass is 535 g/mol. The summed E-state index contributed by atoms with van der Waals surface area (Å²) in [5.74, 6) is 0.0773.